The number of nitrogens with zero attached hydrogens (tertiary/aromatic N) is 1. The number of hydrogen-bond donors (Lipinski definition) is 1. The van der Waals surface area contributed by atoms with E-state index in [-0.39, 0.29) is 11.8 Å². The molecule has 0 saturated heterocycles. The molecule has 24 heavy (non-hydrogen) atoms. The first kappa shape index (κ1) is 17.7. The van der Waals surface area contributed by atoms with Gasteiger partial charge >= 0.3 is 0 Å². The Morgan fingerprint density at radius 2 is 1.62 bits per heavy atom. The molecule has 0 atom stereocenters. The number of rotatable bonds is 7. The molecule has 0 aliphatic heterocycles. The summed E-state index contributed by atoms with van der Waals surface area (Å²) in [5, 5.41) is 2.88. The van der Waals surface area contributed by atoms with E-state index in [0.717, 1.165) is 11.1 Å². The van der Waals surface area contributed by atoms with E-state index in [1.165, 1.54) is 5.56 Å². The van der Waals surface area contributed by atoms with Crippen molar-refractivity contribution in [3.63, 3.8) is 0 Å². The molecule has 2 rings (SSSR count). The van der Waals surface area contributed by atoms with E-state index < -0.39 is 0 Å². The fourth-order valence-corrected chi connectivity index (χ4v) is 2.44. The van der Waals surface area contributed by atoms with E-state index in [9.17, 15) is 9.59 Å². The molecule has 2 amide bonds. The van der Waals surface area contributed by atoms with Crippen molar-refractivity contribution in [3.05, 3.63) is 71.3 Å². The molecule has 0 heterocycles. The van der Waals surface area contributed by atoms with Crippen LogP contribution in [0.15, 0.2) is 54.6 Å². The molecule has 2 aromatic carbocycles. The van der Waals surface area contributed by atoms with Crippen LogP contribution in [0.25, 0.3) is 0 Å². The number of carbonyl (C=O) groups excluding carboxylic acids is 2. The van der Waals surface area contributed by atoms with Gasteiger partial charge in [-0.25, -0.2) is 0 Å². The van der Waals surface area contributed by atoms with Crippen LogP contribution < -0.4 is 5.32 Å². The zero-order valence-corrected chi connectivity index (χ0v) is 14.3. The highest BCUT2D eigenvalue weighted by molar-refractivity contribution is 5.78. The van der Waals surface area contributed by atoms with Gasteiger partial charge in [-0.15, -0.1) is 0 Å². The zero-order valence-electron chi connectivity index (χ0n) is 14.3. The van der Waals surface area contributed by atoms with Crippen LogP contribution in [-0.4, -0.2) is 29.8 Å². The molecule has 0 bridgehead atoms. The van der Waals surface area contributed by atoms with Crippen molar-refractivity contribution in [2.24, 2.45) is 0 Å². The van der Waals surface area contributed by atoms with Crippen LogP contribution in [0.5, 0.6) is 0 Å². The third-order valence-electron chi connectivity index (χ3n) is 3.85. The monoisotopic (exact) mass is 324 g/mol. The molecule has 0 saturated carbocycles. The summed E-state index contributed by atoms with van der Waals surface area (Å²) >= 11 is 0. The third kappa shape index (κ3) is 5.88. The molecule has 0 spiro atoms. The SMILES string of the molecule is CC(=O)N(CCNC(=O)Cc1ccc(C)cc1)Cc1ccccc1. The number of aryl methyl sites for hydroxylation is 1. The average Bonchev–Trinajstić information content (AvgIpc) is 2.57. The topological polar surface area (TPSA) is 49.4 Å². The third-order valence-corrected chi connectivity index (χ3v) is 3.85. The summed E-state index contributed by atoms with van der Waals surface area (Å²) in [6.45, 7) is 5.09. The highest BCUT2D eigenvalue weighted by Gasteiger charge is 2.10. The van der Waals surface area contributed by atoms with Crippen molar-refractivity contribution in [2.45, 2.75) is 26.8 Å². The molecule has 0 aliphatic rings. The van der Waals surface area contributed by atoms with Gasteiger partial charge in [0.05, 0.1) is 6.42 Å². The van der Waals surface area contributed by atoms with E-state index in [0.29, 0.717) is 26.1 Å². The standard InChI is InChI=1S/C20H24N2O2/c1-16-8-10-18(11-9-16)14-20(24)21-12-13-22(17(2)23)15-19-6-4-3-5-7-19/h3-11H,12-15H2,1-2H3,(H,21,24). The maximum atomic E-state index is 12.0. The van der Waals surface area contributed by atoms with Gasteiger partial charge in [-0.2, -0.15) is 0 Å². The molecular weight excluding hydrogens is 300 g/mol. The first-order valence-corrected chi connectivity index (χ1v) is 8.16. The smallest absolute Gasteiger partial charge is 0.224 e. The normalized spacial score (nSPS) is 10.2. The highest BCUT2D eigenvalue weighted by Crippen LogP contribution is 2.05. The summed E-state index contributed by atoms with van der Waals surface area (Å²) in [4.78, 5) is 25.5. The molecule has 0 unspecified atom stereocenters. The van der Waals surface area contributed by atoms with Crippen LogP contribution in [0.1, 0.15) is 23.6 Å². The second-order valence-electron chi connectivity index (χ2n) is 5.94. The predicted octanol–water partition coefficient (Wildman–Crippen LogP) is 2.70. The molecule has 2 aromatic rings. The maximum Gasteiger partial charge on any atom is 0.224 e. The Kier molecular flexibility index (Phi) is 6.55. The lowest BCUT2D eigenvalue weighted by atomic mass is 10.1. The van der Waals surface area contributed by atoms with Gasteiger partial charge in [-0.1, -0.05) is 60.2 Å². The van der Waals surface area contributed by atoms with E-state index in [1.807, 2.05) is 61.5 Å². The molecule has 126 valence electrons. The van der Waals surface area contributed by atoms with Crippen molar-refractivity contribution in [1.29, 1.82) is 0 Å². The lowest BCUT2D eigenvalue weighted by molar-refractivity contribution is -0.130. The quantitative estimate of drug-likeness (QED) is 0.851. The van der Waals surface area contributed by atoms with E-state index in [4.69, 9.17) is 0 Å². The summed E-state index contributed by atoms with van der Waals surface area (Å²) in [7, 11) is 0. The summed E-state index contributed by atoms with van der Waals surface area (Å²) in [5.74, 6) is -0.0197. The fourth-order valence-electron chi connectivity index (χ4n) is 2.44. The van der Waals surface area contributed by atoms with E-state index >= 15 is 0 Å². The summed E-state index contributed by atoms with van der Waals surface area (Å²) < 4.78 is 0. The van der Waals surface area contributed by atoms with Crippen molar-refractivity contribution >= 4 is 11.8 Å². The van der Waals surface area contributed by atoms with Crippen LogP contribution in [0.2, 0.25) is 0 Å². The molecule has 1 N–H and O–H groups in total. The van der Waals surface area contributed by atoms with Gasteiger partial charge in [0, 0.05) is 26.6 Å². The van der Waals surface area contributed by atoms with Gasteiger partial charge in [0.25, 0.3) is 0 Å². The minimum absolute atomic E-state index is 0.00615. The first-order chi connectivity index (χ1) is 11.5. The summed E-state index contributed by atoms with van der Waals surface area (Å²) in [6.07, 6.45) is 0.360. The maximum absolute atomic E-state index is 12.0. The molecule has 0 fully saturated rings. The first-order valence-electron chi connectivity index (χ1n) is 8.16. The van der Waals surface area contributed by atoms with E-state index in [1.54, 1.807) is 11.8 Å². The van der Waals surface area contributed by atoms with Crippen LogP contribution in [0.3, 0.4) is 0 Å². The number of amides is 2. The minimum Gasteiger partial charge on any atom is -0.354 e. The number of benzene rings is 2. The Labute approximate surface area is 143 Å². The highest BCUT2D eigenvalue weighted by atomic mass is 16.2. The van der Waals surface area contributed by atoms with Gasteiger partial charge < -0.3 is 10.2 Å². The van der Waals surface area contributed by atoms with Crippen LogP contribution in [0, 0.1) is 6.92 Å². The number of carbonyl (C=O) groups is 2. The Hall–Kier alpha value is -2.62. The van der Waals surface area contributed by atoms with Crippen LogP contribution in [-0.2, 0) is 22.6 Å². The number of nitrogens with one attached hydrogen (secondary N) is 1. The van der Waals surface area contributed by atoms with Gasteiger partial charge in [0.2, 0.25) is 11.8 Å². The van der Waals surface area contributed by atoms with E-state index in [2.05, 4.69) is 5.32 Å². The second-order valence-corrected chi connectivity index (χ2v) is 5.94. The van der Waals surface area contributed by atoms with Gasteiger partial charge in [0.1, 0.15) is 0 Å². The number of hydrogen-bond acceptors (Lipinski definition) is 2. The largest absolute Gasteiger partial charge is 0.354 e. The molecule has 0 radical (unpaired) electrons. The summed E-state index contributed by atoms with van der Waals surface area (Å²) in [6, 6.07) is 17.8. The molecule has 4 nitrogen and oxygen atoms in total. The van der Waals surface area contributed by atoms with Crippen LogP contribution >= 0.6 is 0 Å². The average molecular weight is 324 g/mol. The van der Waals surface area contributed by atoms with Crippen molar-refractivity contribution in [2.75, 3.05) is 13.1 Å². The lowest BCUT2D eigenvalue weighted by Gasteiger charge is -2.21. The van der Waals surface area contributed by atoms with Gasteiger partial charge in [-0.3, -0.25) is 9.59 Å². The predicted molar refractivity (Wildman–Crippen MR) is 95.4 cm³/mol. The molecule has 0 aromatic heterocycles. The fraction of sp³-hybridized carbons (Fsp3) is 0.300. The molecule has 4 heteroatoms. The molecular formula is C20H24N2O2. The van der Waals surface area contributed by atoms with Crippen LogP contribution in [0.4, 0.5) is 0 Å². The van der Waals surface area contributed by atoms with Crippen molar-refractivity contribution in [3.8, 4) is 0 Å². The van der Waals surface area contributed by atoms with Gasteiger partial charge in [0.15, 0.2) is 0 Å². The Bertz CT molecular complexity index is 666. The Morgan fingerprint density at radius 1 is 0.958 bits per heavy atom. The van der Waals surface area contributed by atoms with Gasteiger partial charge in [-0.05, 0) is 18.1 Å². The molecule has 0 aliphatic carbocycles. The Morgan fingerprint density at radius 3 is 2.25 bits per heavy atom. The van der Waals surface area contributed by atoms with Crippen molar-refractivity contribution in [1.82, 2.24) is 10.2 Å². The summed E-state index contributed by atoms with van der Waals surface area (Å²) in [5.41, 5.74) is 3.25. The second kappa shape index (κ2) is 8.87. The Balaban J connectivity index is 1.78. The lowest BCUT2D eigenvalue weighted by Crippen LogP contribution is -2.37. The zero-order chi connectivity index (χ0) is 17.4. The minimum atomic E-state index is -0.0259. The van der Waals surface area contributed by atoms with Crippen molar-refractivity contribution < 1.29 is 9.59 Å².